The van der Waals surface area contributed by atoms with Gasteiger partial charge in [0.2, 0.25) is 0 Å². The van der Waals surface area contributed by atoms with Crippen molar-refractivity contribution in [3.63, 3.8) is 0 Å². The fourth-order valence-corrected chi connectivity index (χ4v) is 4.03. The third kappa shape index (κ3) is 2.25. The van der Waals surface area contributed by atoms with Gasteiger partial charge in [-0.15, -0.1) is 0 Å². The molecule has 6 rings (SSSR count). The van der Waals surface area contributed by atoms with Crippen LogP contribution in [0.5, 0.6) is 0 Å². The highest BCUT2D eigenvalue weighted by molar-refractivity contribution is 6.06. The number of rotatable bonds is 1. The monoisotopic (exact) mass is 344 g/mol. The van der Waals surface area contributed by atoms with Gasteiger partial charge in [0, 0.05) is 10.8 Å². The van der Waals surface area contributed by atoms with Crippen molar-refractivity contribution < 1.29 is 4.42 Å². The summed E-state index contributed by atoms with van der Waals surface area (Å²) >= 11 is 0. The van der Waals surface area contributed by atoms with Crippen LogP contribution >= 0.6 is 0 Å². The van der Waals surface area contributed by atoms with Crippen LogP contribution in [0.4, 0.5) is 0 Å². The average Bonchev–Trinajstić information content (AvgIpc) is 3.09. The third-order valence-electron chi connectivity index (χ3n) is 5.41. The second kappa shape index (κ2) is 5.46. The van der Waals surface area contributed by atoms with Crippen molar-refractivity contribution in [2.45, 2.75) is 0 Å². The molecular formula is C26H16O. The molecule has 0 saturated heterocycles. The van der Waals surface area contributed by atoms with Crippen molar-refractivity contribution >= 4 is 43.5 Å². The van der Waals surface area contributed by atoms with Crippen molar-refractivity contribution in [1.29, 1.82) is 0 Å². The minimum Gasteiger partial charge on any atom is -0.456 e. The van der Waals surface area contributed by atoms with E-state index in [1.807, 2.05) is 12.1 Å². The number of furan rings is 1. The van der Waals surface area contributed by atoms with Gasteiger partial charge in [-0.1, -0.05) is 60.7 Å². The second-order valence-corrected chi connectivity index (χ2v) is 7.07. The van der Waals surface area contributed by atoms with Gasteiger partial charge in [0.05, 0.1) is 0 Å². The molecule has 0 fully saturated rings. The summed E-state index contributed by atoms with van der Waals surface area (Å²) in [5.41, 5.74) is 4.32. The van der Waals surface area contributed by atoms with E-state index in [-0.39, 0.29) is 0 Å². The predicted octanol–water partition coefficient (Wildman–Crippen LogP) is 7.56. The fraction of sp³-hybridized carbons (Fsp3) is 0. The fourth-order valence-electron chi connectivity index (χ4n) is 4.03. The smallest absolute Gasteiger partial charge is 0.135 e. The molecule has 1 heteroatoms. The zero-order valence-corrected chi connectivity index (χ0v) is 14.6. The van der Waals surface area contributed by atoms with Gasteiger partial charge in [-0.2, -0.15) is 0 Å². The second-order valence-electron chi connectivity index (χ2n) is 7.07. The molecule has 0 bridgehead atoms. The number of benzene rings is 5. The molecule has 1 heterocycles. The van der Waals surface area contributed by atoms with E-state index in [2.05, 4.69) is 84.9 Å². The molecule has 0 aliphatic rings. The molecule has 126 valence electrons. The summed E-state index contributed by atoms with van der Waals surface area (Å²) < 4.78 is 5.96. The highest BCUT2D eigenvalue weighted by Gasteiger charge is 2.08. The molecule has 0 atom stereocenters. The van der Waals surface area contributed by atoms with Crippen LogP contribution in [0.3, 0.4) is 0 Å². The van der Waals surface area contributed by atoms with Gasteiger partial charge in [-0.05, 0) is 69.1 Å². The van der Waals surface area contributed by atoms with Gasteiger partial charge in [-0.25, -0.2) is 0 Å². The first kappa shape index (κ1) is 14.6. The Kier molecular flexibility index (Phi) is 2.95. The molecule has 0 unspecified atom stereocenters. The molecule has 1 aromatic heterocycles. The maximum Gasteiger partial charge on any atom is 0.135 e. The van der Waals surface area contributed by atoms with Crippen molar-refractivity contribution in [2.75, 3.05) is 0 Å². The minimum atomic E-state index is 0.937. The summed E-state index contributed by atoms with van der Waals surface area (Å²) in [5, 5.41) is 7.43. The highest BCUT2D eigenvalue weighted by Crippen LogP contribution is 2.33. The number of para-hydroxylation sites is 1. The highest BCUT2D eigenvalue weighted by atomic mass is 16.3. The Hall–Kier alpha value is -3.58. The van der Waals surface area contributed by atoms with Crippen LogP contribution in [0.15, 0.2) is 101 Å². The largest absolute Gasteiger partial charge is 0.456 e. The summed E-state index contributed by atoms with van der Waals surface area (Å²) in [5.74, 6) is 0. The first-order chi connectivity index (χ1) is 13.3. The average molecular weight is 344 g/mol. The van der Waals surface area contributed by atoms with Gasteiger partial charge in [-0.3, -0.25) is 0 Å². The van der Waals surface area contributed by atoms with Crippen LogP contribution in [0.25, 0.3) is 54.6 Å². The zero-order chi connectivity index (χ0) is 17.8. The molecule has 0 aliphatic heterocycles. The quantitative estimate of drug-likeness (QED) is 0.280. The van der Waals surface area contributed by atoms with Crippen molar-refractivity contribution in [1.82, 2.24) is 0 Å². The summed E-state index contributed by atoms with van der Waals surface area (Å²) in [7, 11) is 0. The van der Waals surface area contributed by atoms with Crippen LogP contribution in [-0.2, 0) is 0 Å². The Morgan fingerprint density at radius 2 is 1.04 bits per heavy atom. The molecule has 0 saturated carbocycles. The first-order valence-corrected chi connectivity index (χ1v) is 9.19. The van der Waals surface area contributed by atoms with Crippen LogP contribution in [-0.4, -0.2) is 0 Å². The molecule has 27 heavy (non-hydrogen) atoms. The number of hydrogen-bond donors (Lipinski definition) is 0. The van der Waals surface area contributed by atoms with E-state index in [1.54, 1.807) is 0 Å². The van der Waals surface area contributed by atoms with E-state index in [1.165, 1.54) is 43.4 Å². The topological polar surface area (TPSA) is 13.1 Å². The Morgan fingerprint density at radius 3 is 1.93 bits per heavy atom. The number of fused-ring (bicyclic) bond motifs is 5. The summed E-state index contributed by atoms with van der Waals surface area (Å²) in [6.45, 7) is 0. The van der Waals surface area contributed by atoms with Gasteiger partial charge >= 0.3 is 0 Å². The van der Waals surface area contributed by atoms with Crippen molar-refractivity contribution in [3.8, 4) is 11.1 Å². The standard InChI is InChI=1S/C26H16O/c1-2-6-18-14-22-15-19(9-10-20(22)13-17(18)5-1)21-11-12-26-24(16-21)23-7-3-4-8-25(23)27-26/h1-16H. The lowest BCUT2D eigenvalue weighted by Gasteiger charge is -2.06. The van der Waals surface area contributed by atoms with Crippen LogP contribution in [0.1, 0.15) is 0 Å². The van der Waals surface area contributed by atoms with Gasteiger partial charge in [0.1, 0.15) is 11.2 Å². The SMILES string of the molecule is c1ccc2cc3cc(-c4ccc5oc6ccccc6c5c4)ccc3cc2c1. The van der Waals surface area contributed by atoms with Crippen LogP contribution < -0.4 is 0 Å². The van der Waals surface area contributed by atoms with Crippen LogP contribution in [0.2, 0.25) is 0 Å². The Morgan fingerprint density at radius 1 is 0.407 bits per heavy atom. The van der Waals surface area contributed by atoms with E-state index < -0.39 is 0 Å². The van der Waals surface area contributed by atoms with Gasteiger partial charge in [0.25, 0.3) is 0 Å². The maximum atomic E-state index is 5.96. The van der Waals surface area contributed by atoms with E-state index in [0.717, 1.165) is 11.2 Å². The molecule has 0 spiro atoms. The first-order valence-electron chi connectivity index (χ1n) is 9.19. The summed E-state index contributed by atoms with van der Waals surface area (Å²) in [6, 6.07) is 34.5. The normalized spacial score (nSPS) is 11.7. The number of hydrogen-bond acceptors (Lipinski definition) is 1. The van der Waals surface area contributed by atoms with Crippen molar-refractivity contribution in [3.05, 3.63) is 97.1 Å². The zero-order valence-electron chi connectivity index (χ0n) is 14.6. The Bertz CT molecular complexity index is 1470. The molecule has 5 aromatic carbocycles. The summed E-state index contributed by atoms with van der Waals surface area (Å²) in [6.07, 6.45) is 0. The molecular weight excluding hydrogens is 328 g/mol. The van der Waals surface area contributed by atoms with Crippen molar-refractivity contribution in [2.24, 2.45) is 0 Å². The molecule has 1 nitrogen and oxygen atoms in total. The van der Waals surface area contributed by atoms with E-state index >= 15 is 0 Å². The molecule has 6 aromatic rings. The lowest BCUT2D eigenvalue weighted by atomic mass is 9.97. The maximum absolute atomic E-state index is 5.96. The minimum absolute atomic E-state index is 0.937. The predicted molar refractivity (Wildman–Crippen MR) is 114 cm³/mol. The molecule has 0 N–H and O–H groups in total. The van der Waals surface area contributed by atoms with E-state index in [4.69, 9.17) is 4.42 Å². The third-order valence-corrected chi connectivity index (χ3v) is 5.41. The van der Waals surface area contributed by atoms with Gasteiger partial charge < -0.3 is 4.42 Å². The van der Waals surface area contributed by atoms with E-state index in [9.17, 15) is 0 Å². The molecule has 0 aliphatic carbocycles. The van der Waals surface area contributed by atoms with Gasteiger partial charge in [0.15, 0.2) is 0 Å². The van der Waals surface area contributed by atoms with Crippen LogP contribution in [0, 0.1) is 0 Å². The molecule has 0 amide bonds. The summed E-state index contributed by atoms with van der Waals surface area (Å²) in [4.78, 5) is 0. The van der Waals surface area contributed by atoms with E-state index in [0.29, 0.717) is 0 Å². The lowest BCUT2D eigenvalue weighted by molar-refractivity contribution is 0.669. The molecule has 0 radical (unpaired) electrons. The Balaban J connectivity index is 1.57. The Labute approximate surface area is 156 Å². The lowest BCUT2D eigenvalue weighted by Crippen LogP contribution is -1.81.